The highest BCUT2D eigenvalue weighted by atomic mass is 35.5. The van der Waals surface area contributed by atoms with Gasteiger partial charge in [0, 0.05) is 41.6 Å². The van der Waals surface area contributed by atoms with E-state index in [0.717, 1.165) is 41.6 Å². The molecule has 0 aliphatic carbocycles. The minimum Gasteiger partial charge on any atom is -0.376 e. The predicted molar refractivity (Wildman–Crippen MR) is 107 cm³/mol. The zero-order valence-electron chi connectivity index (χ0n) is 15.0. The second-order valence-electron chi connectivity index (χ2n) is 6.72. The maximum Gasteiger partial charge on any atom is 0.253 e. The highest BCUT2D eigenvalue weighted by Gasteiger charge is 2.20. The molecule has 1 aliphatic rings. The Kier molecular flexibility index (Phi) is 5.01. The van der Waals surface area contributed by atoms with E-state index in [1.165, 1.54) is 0 Å². The fourth-order valence-corrected chi connectivity index (χ4v) is 3.58. The van der Waals surface area contributed by atoms with Gasteiger partial charge in [-0.3, -0.25) is 4.79 Å². The Hall–Kier alpha value is -2.57. The van der Waals surface area contributed by atoms with Gasteiger partial charge in [0.15, 0.2) is 5.82 Å². The Labute approximate surface area is 162 Å². The molecule has 1 amide bonds. The van der Waals surface area contributed by atoms with E-state index in [4.69, 9.17) is 16.3 Å². The van der Waals surface area contributed by atoms with Gasteiger partial charge in [-0.05, 0) is 43.5 Å². The van der Waals surface area contributed by atoms with Crippen molar-refractivity contribution in [3.8, 4) is 0 Å². The van der Waals surface area contributed by atoms with Crippen LogP contribution in [0.3, 0.4) is 0 Å². The van der Waals surface area contributed by atoms with E-state index in [1.54, 1.807) is 6.20 Å². The van der Waals surface area contributed by atoms with Gasteiger partial charge in [-0.15, -0.1) is 0 Å². The van der Waals surface area contributed by atoms with Crippen LogP contribution in [0.1, 0.15) is 28.8 Å². The molecule has 140 valence electrons. The van der Waals surface area contributed by atoms with E-state index < -0.39 is 0 Å². The predicted octanol–water partition coefficient (Wildman–Crippen LogP) is 4.18. The number of rotatable bonds is 5. The molecule has 0 spiro atoms. The van der Waals surface area contributed by atoms with Gasteiger partial charge in [-0.25, -0.2) is 4.98 Å². The second-order valence-corrected chi connectivity index (χ2v) is 7.16. The van der Waals surface area contributed by atoms with Crippen LogP contribution in [0, 0.1) is 6.92 Å². The van der Waals surface area contributed by atoms with Crippen LogP contribution in [-0.4, -0.2) is 35.1 Å². The van der Waals surface area contributed by atoms with E-state index in [2.05, 4.69) is 20.6 Å². The minimum absolute atomic E-state index is 0.105. The summed E-state index contributed by atoms with van der Waals surface area (Å²) in [6.45, 7) is 3.26. The summed E-state index contributed by atoms with van der Waals surface area (Å²) in [6.07, 6.45) is 5.63. The largest absolute Gasteiger partial charge is 0.376 e. The number of hydrogen-bond donors (Lipinski definition) is 3. The van der Waals surface area contributed by atoms with Crippen molar-refractivity contribution in [2.24, 2.45) is 0 Å². The number of ether oxygens (including phenoxy) is 1. The molecule has 1 atom stereocenters. The number of aryl methyl sites for hydroxylation is 1. The van der Waals surface area contributed by atoms with Gasteiger partial charge in [0.2, 0.25) is 0 Å². The van der Waals surface area contributed by atoms with Gasteiger partial charge in [-0.2, -0.15) is 0 Å². The number of pyridine rings is 1. The molecule has 3 N–H and O–H groups in total. The van der Waals surface area contributed by atoms with Gasteiger partial charge in [0.05, 0.1) is 17.2 Å². The van der Waals surface area contributed by atoms with Gasteiger partial charge in [-0.1, -0.05) is 17.7 Å². The molecule has 7 heteroatoms. The summed E-state index contributed by atoms with van der Waals surface area (Å²) in [6, 6.07) is 7.43. The van der Waals surface area contributed by atoms with Crippen molar-refractivity contribution in [1.82, 2.24) is 15.3 Å². The fourth-order valence-electron chi connectivity index (χ4n) is 3.39. The Morgan fingerprint density at radius 2 is 2.33 bits per heavy atom. The third-order valence-corrected chi connectivity index (χ3v) is 4.99. The first-order valence-electron chi connectivity index (χ1n) is 9.01. The van der Waals surface area contributed by atoms with Gasteiger partial charge in [0.1, 0.15) is 0 Å². The van der Waals surface area contributed by atoms with Crippen molar-refractivity contribution in [3.05, 3.63) is 52.8 Å². The molecule has 0 radical (unpaired) electrons. The van der Waals surface area contributed by atoms with Crippen LogP contribution in [-0.2, 0) is 4.74 Å². The third-order valence-electron chi connectivity index (χ3n) is 4.75. The zero-order chi connectivity index (χ0) is 18.8. The lowest BCUT2D eigenvalue weighted by Crippen LogP contribution is -2.32. The SMILES string of the molecule is Cc1c[nH]c2c(Nc3cccc(Cl)c3)ncc(C(=O)NC[C@H]3CCCO3)c12. The number of carbonyl (C=O) groups is 1. The Morgan fingerprint density at radius 1 is 1.44 bits per heavy atom. The molecule has 0 bridgehead atoms. The number of amides is 1. The van der Waals surface area contributed by atoms with Crippen LogP contribution in [0.4, 0.5) is 11.5 Å². The normalized spacial score (nSPS) is 16.6. The number of fused-ring (bicyclic) bond motifs is 1. The van der Waals surface area contributed by atoms with Crippen LogP contribution in [0.25, 0.3) is 10.9 Å². The molecule has 1 aromatic carbocycles. The first-order valence-corrected chi connectivity index (χ1v) is 9.38. The number of aromatic nitrogens is 2. The molecular formula is C20H21ClN4O2. The number of aromatic amines is 1. The van der Waals surface area contributed by atoms with Crippen molar-refractivity contribution >= 4 is 39.9 Å². The number of benzene rings is 1. The van der Waals surface area contributed by atoms with Crippen molar-refractivity contribution in [1.29, 1.82) is 0 Å². The van der Waals surface area contributed by atoms with Crippen molar-refractivity contribution in [3.63, 3.8) is 0 Å². The summed E-state index contributed by atoms with van der Waals surface area (Å²) < 4.78 is 5.57. The number of carbonyl (C=O) groups excluding carboxylic acids is 1. The van der Waals surface area contributed by atoms with Crippen molar-refractivity contribution < 1.29 is 9.53 Å². The molecule has 1 saturated heterocycles. The monoisotopic (exact) mass is 384 g/mol. The van der Waals surface area contributed by atoms with Gasteiger partial charge < -0.3 is 20.4 Å². The molecule has 27 heavy (non-hydrogen) atoms. The third kappa shape index (κ3) is 3.77. The van der Waals surface area contributed by atoms with Crippen LogP contribution < -0.4 is 10.6 Å². The first kappa shape index (κ1) is 17.8. The maximum atomic E-state index is 12.7. The summed E-state index contributed by atoms with van der Waals surface area (Å²) in [4.78, 5) is 20.4. The average molecular weight is 385 g/mol. The number of hydrogen-bond acceptors (Lipinski definition) is 4. The summed E-state index contributed by atoms with van der Waals surface area (Å²) >= 11 is 6.06. The lowest BCUT2D eigenvalue weighted by molar-refractivity contribution is 0.0859. The molecule has 0 saturated carbocycles. The molecule has 1 aliphatic heterocycles. The van der Waals surface area contributed by atoms with Crippen LogP contribution in [0.2, 0.25) is 5.02 Å². The molecular weight excluding hydrogens is 364 g/mol. The second kappa shape index (κ2) is 7.58. The molecule has 3 aromatic rings. The maximum absolute atomic E-state index is 12.7. The lowest BCUT2D eigenvalue weighted by atomic mass is 10.1. The highest BCUT2D eigenvalue weighted by Crippen LogP contribution is 2.29. The van der Waals surface area contributed by atoms with Crippen LogP contribution in [0.5, 0.6) is 0 Å². The standard InChI is InChI=1S/C20H21ClN4O2/c1-12-9-22-18-17(12)16(20(26)24-10-15-6-3-7-27-15)11-23-19(18)25-14-5-2-4-13(21)8-14/h2,4-5,8-9,11,15,22H,3,6-7,10H2,1H3,(H,23,25)(H,24,26)/t15-/m1/s1. The molecule has 4 rings (SSSR count). The quantitative estimate of drug-likeness (QED) is 0.616. The van der Waals surface area contributed by atoms with E-state index in [0.29, 0.717) is 22.9 Å². The number of nitrogens with zero attached hydrogens (tertiary/aromatic N) is 1. The van der Waals surface area contributed by atoms with Crippen LogP contribution >= 0.6 is 11.6 Å². The van der Waals surface area contributed by atoms with E-state index in [9.17, 15) is 4.79 Å². The fraction of sp³-hybridized carbons (Fsp3) is 0.300. The Morgan fingerprint density at radius 3 is 3.11 bits per heavy atom. The Bertz CT molecular complexity index is 979. The van der Waals surface area contributed by atoms with Gasteiger partial charge in [0.25, 0.3) is 5.91 Å². The first-order chi connectivity index (χ1) is 13.1. The van der Waals surface area contributed by atoms with E-state index >= 15 is 0 Å². The minimum atomic E-state index is -0.139. The number of nitrogens with one attached hydrogen (secondary N) is 3. The lowest BCUT2D eigenvalue weighted by Gasteiger charge is -2.13. The summed E-state index contributed by atoms with van der Waals surface area (Å²) in [5.74, 6) is 0.510. The molecule has 6 nitrogen and oxygen atoms in total. The number of H-pyrrole nitrogens is 1. The molecule has 0 unspecified atom stereocenters. The zero-order valence-corrected chi connectivity index (χ0v) is 15.8. The average Bonchev–Trinajstić information content (AvgIpc) is 3.31. The van der Waals surface area contributed by atoms with Crippen molar-refractivity contribution in [2.45, 2.75) is 25.9 Å². The van der Waals surface area contributed by atoms with E-state index in [1.807, 2.05) is 37.4 Å². The molecule has 2 aromatic heterocycles. The van der Waals surface area contributed by atoms with Crippen LogP contribution in [0.15, 0.2) is 36.7 Å². The highest BCUT2D eigenvalue weighted by molar-refractivity contribution is 6.30. The number of halogens is 1. The molecule has 3 heterocycles. The van der Waals surface area contributed by atoms with Gasteiger partial charge >= 0.3 is 0 Å². The summed E-state index contributed by atoms with van der Waals surface area (Å²) in [5, 5.41) is 7.74. The van der Waals surface area contributed by atoms with E-state index in [-0.39, 0.29) is 12.0 Å². The van der Waals surface area contributed by atoms with Crippen molar-refractivity contribution in [2.75, 3.05) is 18.5 Å². The molecule has 1 fully saturated rings. The Balaban J connectivity index is 1.61. The number of anilines is 2. The topological polar surface area (TPSA) is 79.0 Å². The summed E-state index contributed by atoms with van der Waals surface area (Å²) in [7, 11) is 0. The summed E-state index contributed by atoms with van der Waals surface area (Å²) in [5.41, 5.74) is 3.17. The smallest absolute Gasteiger partial charge is 0.253 e.